The van der Waals surface area contributed by atoms with Crippen LogP contribution in [-0.2, 0) is 0 Å². The third-order valence-electron chi connectivity index (χ3n) is 2.02. The highest BCUT2D eigenvalue weighted by Gasteiger charge is 2.16. The van der Waals surface area contributed by atoms with E-state index in [0.717, 1.165) is 6.42 Å². The lowest BCUT2D eigenvalue weighted by molar-refractivity contribution is 0.613. The van der Waals surface area contributed by atoms with Crippen LogP contribution < -0.4 is 5.01 Å². The van der Waals surface area contributed by atoms with Gasteiger partial charge in [0.05, 0.1) is 0 Å². The molecule has 5 heteroatoms. The molecule has 1 aromatic heterocycles. The van der Waals surface area contributed by atoms with Crippen molar-refractivity contribution in [3.8, 4) is 0 Å². The smallest absolute Gasteiger partial charge is 0.186 e. The van der Waals surface area contributed by atoms with Gasteiger partial charge in [0.1, 0.15) is 5.15 Å². The van der Waals surface area contributed by atoms with Crippen LogP contribution in [0, 0.1) is 12.7 Å². The van der Waals surface area contributed by atoms with Gasteiger partial charge in [0.2, 0.25) is 0 Å². The zero-order valence-electron chi connectivity index (χ0n) is 7.67. The third kappa shape index (κ3) is 1.57. The lowest BCUT2D eigenvalue weighted by atomic mass is 10.3. The van der Waals surface area contributed by atoms with Crippen LogP contribution in [0.25, 0.3) is 0 Å². The highest BCUT2D eigenvalue weighted by atomic mass is 35.5. The highest BCUT2D eigenvalue weighted by Crippen LogP contribution is 2.24. The number of rotatable bonds is 1. The molecule has 0 radical (unpaired) electrons. The Hall–Kier alpha value is -1.16. The largest absolute Gasteiger partial charge is 0.245 e. The Morgan fingerprint density at radius 3 is 3.00 bits per heavy atom. The quantitative estimate of drug-likeness (QED) is 0.670. The van der Waals surface area contributed by atoms with E-state index in [0.29, 0.717) is 17.3 Å². The van der Waals surface area contributed by atoms with Gasteiger partial charge in [0.15, 0.2) is 11.6 Å². The second-order valence-electron chi connectivity index (χ2n) is 3.11. The van der Waals surface area contributed by atoms with Gasteiger partial charge in [-0.25, -0.2) is 14.4 Å². The Balaban J connectivity index is 2.42. The van der Waals surface area contributed by atoms with Gasteiger partial charge >= 0.3 is 0 Å². The van der Waals surface area contributed by atoms with Gasteiger partial charge in [0.25, 0.3) is 0 Å². The van der Waals surface area contributed by atoms with Crippen molar-refractivity contribution in [1.82, 2.24) is 4.98 Å². The fourth-order valence-corrected chi connectivity index (χ4v) is 1.42. The zero-order chi connectivity index (χ0) is 10.1. The van der Waals surface area contributed by atoms with Gasteiger partial charge in [-0.2, -0.15) is 5.10 Å². The van der Waals surface area contributed by atoms with Crippen LogP contribution in [0.5, 0.6) is 0 Å². The zero-order valence-corrected chi connectivity index (χ0v) is 8.42. The maximum Gasteiger partial charge on any atom is 0.186 e. The van der Waals surface area contributed by atoms with Crippen LogP contribution in [0.2, 0.25) is 5.15 Å². The van der Waals surface area contributed by atoms with Crippen molar-refractivity contribution in [2.45, 2.75) is 13.3 Å². The normalized spacial score (nSPS) is 15.2. The van der Waals surface area contributed by atoms with Crippen LogP contribution >= 0.6 is 11.6 Å². The molecular formula is C9H9ClFN3. The van der Waals surface area contributed by atoms with Crippen LogP contribution in [0.3, 0.4) is 0 Å². The van der Waals surface area contributed by atoms with Crippen LogP contribution in [-0.4, -0.2) is 17.7 Å². The summed E-state index contributed by atoms with van der Waals surface area (Å²) in [6, 6.07) is 1.37. The molecule has 0 atom stereocenters. The highest BCUT2D eigenvalue weighted by molar-refractivity contribution is 6.30. The number of aryl methyl sites for hydroxylation is 1. The van der Waals surface area contributed by atoms with Gasteiger partial charge in [0, 0.05) is 19.2 Å². The average Bonchev–Trinajstić information content (AvgIpc) is 2.64. The third-order valence-corrected chi connectivity index (χ3v) is 2.40. The number of hydrogen-bond donors (Lipinski definition) is 0. The summed E-state index contributed by atoms with van der Waals surface area (Å²) in [6.45, 7) is 2.37. The van der Waals surface area contributed by atoms with E-state index in [2.05, 4.69) is 10.1 Å². The molecule has 0 fully saturated rings. The van der Waals surface area contributed by atoms with E-state index >= 15 is 0 Å². The molecule has 3 nitrogen and oxygen atoms in total. The summed E-state index contributed by atoms with van der Waals surface area (Å²) in [5.41, 5.74) is 0.635. The second-order valence-corrected chi connectivity index (χ2v) is 3.47. The minimum absolute atomic E-state index is 0.203. The van der Waals surface area contributed by atoms with E-state index in [1.807, 2.05) is 0 Å². The van der Waals surface area contributed by atoms with Crippen molar-refractivity contribution in [3.63, 3.8) is 0 Å². The SMILES string of the molecule is Cc1cc(F)c(N2CCC=N2)nc1Cl. The van der Waals surface area contributed by atoms with Crippen LogP contribution in [0.4, 0.5) is 10.2 Å². The van der Waals surface area contributed by atoms with Crippen molar-refractivity contribution >= 4 is 23.6 Å². The van der Waals surface area contributed by atoms with Crippen molar-refractivity contribution in [3.05, 3.63) is 22.6 Å². The van der Waals surface area contributed by atoms with Gasteiger partial charge in [-0.3, -0.25) is 0 Å². The molecule has 2 rings (SSSR count). The Morgan fingerprint density at radius 2 is 2.36 bits per heavy atom. The molecule has 1 aromatic rings. The van der Waals surface area contributed by atoms with Crippen molar-refractivity contribution in [1.29, 1.82) is 0 Å². The first kappa shape index (κ1) is 9.40. The molecule has 0 amide bonds. The maximum atomic E-state index is 13.4. The van der Waals surface area contributed by atoms with E-state index in [9.17, 15) is 4.39 Å². The number of nitrogens with zero attached hydrogens (tertiary/aromatic N) is 3. The monoisotopic (exact) mass is 213 g/mol. The van der Waals surface area contributed by atoms with Crippen molar-refractivity contribution in [2.75, 3.05) is 11.6 Å². The Kier molecular flexibility index (Phi) is 2.37. The first-order valence-electron chi connectivity index (χ1n) is 4.31. The number of pyridine rings is 1. The summed E-state index contributed by atoms with van der Waals surface area (Å²) in [6.07, 6.45) is 2.54. The molecule has 0 N–H and O–H groups in total. The number of aromatic nitrogens is 1. The summed E-state index contributed by atoms with van der Waals surface area (Å²) in [4.78, 5) is 3.96. The number of anilines is 1. The topological polar surface area (TPSA) is 28.5 Å². The summed E-state index contributed by atoms with van der Waals surface area (Å²) < 4.78 is 13.4. The molecule has 14 heavy (non-hydrogen) atoms. The summed E-state index contributed by atoms with van der Waals surface area (Å²) in [5, 5.41) is 5.82. The predicted octanol–water partition coefficient (Wildman–Crippen LogP) is 2.38. The first-order valence-corrected chi connectivity index (χ1v) is 4.69. The molecule has 0 saturated heterocycles. The lowest BCUT2D eigenvalue weighted by Gasteiger charge is -2.13. The van der Waals surface area contributed by atoms with Crippen LogP contribution in [0.1, 0.15) is 12.0 Å². The summed E-state index contributed by atoms with van der Waals surface area (Å²) in [5.74, 6) is -0.180. The Labute approximate surface area is 86.2 Å². The first-order chi connectivity index (χ1) is 6.68. The predicted molar refractivity (Wildman–Crippen MR) is 54.4 cm³/mol. The summed E-state index contributed by atoms with van der Waals surface area (Å²) >= 11 is 5.81. The van der Waals surface area contributed by atoms with E-state index in [1.165, 1.54) is 11.1 Å². The maximum absolute atomic E-state index is 13.4. The molecular weight excluding hydrogens is 205 g/mol. The molecule has 0 spiro atoms. The van der Waals surface area contributed by atoms with E-state index in [4.69, 9.17) is 11.6 Å². The minimum Gasteiger partial charge on any atom is -0.245 e. The molecule has 0 aliphatic carbocycles. The molecule has 74 valence electrons. The standard InChI is InChI=1S/C9H9ClFN3/c1-6-5-7(11)9(13-8(6)10)14-4-2-3-12-14/h3,5H,2,4H2,1H3. The number of hydrazone groups is 1. The Bertz CT molecular complexity index is 392. The van der Waals surface area contributed by atoms with E-state index < -0.39 is 0 Å². The van der Waals surface area contributed by atoms with Gasteiger partial charge < -0.3 is 0 Å². The molecule has 1 aliphatic rings. The fraction of sp³-hybridized carbons (Fsp3) is 0.333. The number of hydrogen-bond acceptors (Lipinski definition) is 3. The van der Waals surface area contributed by atoms with Gasteiger partial charge in [-0.1, -0.05) is 11.6 Å². The summed E-state index contributed by atoms with van der Waals surface area (Å²) in [7, 11) is 0. The Morgan fingerprint density at radius 1 is 1.57 bits per heavy atom. The van der Waals surface area contributed by atoms with Gasteiger partial charge in [-0.05, 0) is 18.6 Å². The molecule has 0 bridgehead atoms. The van der Waals surface area contributed by atoms with Crippen molar-refractivity contribution in [2.24, 2.45) is 5.10 Å². The van der Waals surface area contributed by atoms with Gasteiger partial charge in [-0.15, -0.1) is 0 Å². The average molecular weight is 214 g/mol. The molecule has 0 aromatic carbocycles. The molecule has 2 heterocycles. The van der Waals surface area contributed by atoms with Crippen LogP contribution in [0.15, 0.2) is 11.2 Å². The second kappa shape index (κ2) is 3.53. The van der Waals surface area contributed by atoms with E-state index in [1.54, 1.807) is 13.1 Å². The lowest BCUT2D eigenvalue weighted by Crippen LogP contribution is -2.15. The molecule has 0 unspecified atom stereocenters. The molecule has 1 aliphatic heterocycles. The number of halogens is 2. The minimum atomic E-state index is -0.383. The fourth-order valence-electron chi connectivity index (χ4n) is 1.28. The van der Waals surface area contributed by atoms with Crippen molar-refractivity contribution < 1.29 is 4.39 Å². The van der Waals surface area contributed by atoms with E-state index in [-0.39, 0.29) is 11.6 Å². The molecule has 0 saturated carbocycles.